The highest BCUT2D eigenvalue weighted by molar-refractivity contribution is 9.11. The van der Waals surface area contributed by atoms with Gasteiger partial charge >= 0.3 is 12.0 Å². The number of rotatable bonds is 7. The van der Waals surface area contributed by atoms with Crippen molar-refractivity contribution in [1.82, 2.24) is 10.2 Å². The Balaban J connectivity index is 2.39. The Hall–Kier alpha value is -1.08. The number of nitrogens with zero attached hydrogens (tertiary/aromatic N) is 1. The molecule has 0 saturated heterocycles. The van der Waals surface area contributed by atoms with Crippen molar-refractivity contribution < 1.29 is 14.7 Å². The molecular formula is C13H19BrN2O3S. The fourth-order valence-corrected chi connectivity index (χ4v) is 3.17. The molecule has 1 rings (SSSR count). The molecule has 0 unspecified atom stereocenters. The van der Waals surface area contributed by atoms with E-state index in [0.717, 1.165) is 10.2 Å². The molecule has 0 atom stereocenters. The van der Waals surface area contributed by atoms with Crippen LogP contribution in [0.15, 0.2) is 15.9 Å². The molecule has 1 aromatic rings. The zero-order valence-corrected chi connectivity index (χ0v) is 14.0. The zero-order chi connectivity index (χ0) is 15.1. The normalized spacial score (nSPS) is 10.6. The Morgan fingerprint density at radius 1 is 1.45 bits per heavy atom. The Morgan fingerprint density at radius 2 is 2.15 bits per heavy atom. The van der Waals surface area contributed by atoms with E-state index in [1.54, 1.807) is 16.2 Å². The van der Waals surface area contributed by atoms with Crippen LogP contribution in [0.1, 0.15) is 25.1 Å². The van der Waals surface area contributed by atoms with Crippen molar-refractivity contribution in [1.29, 1.82) is 0 Å². The molecule has 2 N–H and O–H groups in total. The molecule has 0 fully saturated rings. The summed E-state index contributed by atoms with van der Waals surface area (Å²) in [6.07, 6.45) is 0.732. The molecule has 0 aliphatic heterocycles. The second-order valence-corrected chi connectivity index (χ2v) is 7.17. The van der Waals surface area contributed by atoms with Gasteiger partial charge in [-0.2, -0.15) is 0 Å². The maximum Gasteiger partial charge on any atom is 0.317 e. The average molecular weight is 363 g/mol. The van der Waals surface area contributed by atoms with Crippen LogP contribution in [-0.4, -0.2) is 41.1 Å². The molecule has 0 aromatic carbocycles. The van der Waals surface area contributed by atoms with Crippen molar-refractivity contribution >= 4 is 39.3 Å². The Labute approximate surface area is 131 Å². The largest absolute Gasteiger partial charge is 0.481 e. The predicted molar refractivity (Wildman–Crippen MR) is 83.2 cm³/mol. The second kappa shape index (κ2) is 8.26. The number of amides is 2. The predicted octanol–water partition coefficient (Wildman–Crippen LogP) is 2.95. The highest BCUT2D eigenvalue weighted by Gasteiger charge is 2.17. The van der Waals surface area contributed by atoms with E-state index >= 15 is 0 Å². The second-order valence-electron chi connectivity index (χ2n) is 4.62. The quantitative estimate of drug-likeness (QED) is 0.783. The van der Waals surface area contributed by atoms with Gasteiger partial charge in [0.1, 0.15) is 0 Å². The van der Waals surface area contributed by atoms with Gasteiger partial charge in [0.15, 0.2) is 0 Å². The smallest absolute Gasteiger partial charge is 0.317 e. The molecule has 0 spiro atoms. The molecule has 1 aromatic heterocycles. The molecule has 0 aliphatic rings. The van der Waals surface area contributed by atoms with Gasteiger partial charge in [-0.15, -0.1) is 11.3 Å². The minimum atomic E-state index is -0.896. The lowest BCUT2D eigenvalue weighted by Crippen LogP contribution is -2.45. The lowest BCUT2D eigenvalue weighted by Gasteiger charge is -2.26. The summed E-state index contributed by atoms with van der Waals surface area (Å²) in [5.74, 6) is -0.896. The third kappa shape index (κ3) is 5.92. The summed E-state index contributed by atoms with van der Waals surface area (Å²) < 4.78 is 1.07. The van der Waals surface area contributed by atoms with Crippen LogP contribution in [0.5, 0.6) is 0 Å². The van der Waals surface area contributed by atoms with Crippen molar-refractivity contribution in [2.45, 2.75) is 32.7 Å². The number of aliphatic carboxylic acids is 1. The van der Waals surface area contributed by atoms with E-state index in [4.69, 9.17) is 5.11 Å². The number of hydrogen-bond acceptors (Lipinski definition) is 3. The molecule has 5 nitrogen and oxygen atoms in total. The summed E-state index contributed by atoms with van der Waals surface area (Å²) >= 11 is 5.04. The zero-order valence-electron chi connectivity index (χ0n) is 11.6. The van der Waals surface area contributed by atoms with Crippen LogP contribution in [0.25, 0.3) is 0 Å². The van der Waals surface area contributed by atoms with Crippen molar-refractivity contribution in [2.75, 3.05) is 13.1 Å². The molecule has 20 heavy (non-hydrogen) atoms. The van der Waals surface area contributed by atoms with Crippen LogP contribution in [0.4, 0.5) is 4.79 Å². The summed E-state index contributed by atoms with van der Waals surface area (Å²) in [6, 6.07) is 3.77. The number of carbonyl (C=O) groups excluding carboxylic acids is 1. The van der Waals surface area contributed by atoms with Crippen LogP contribution in [0.3, 0.4) is 0 Å². The number of nitrogens with one attached hydrogen (secondary N) is 1. The number of carboxylic acid groups (broad SMARTS) is 1. The van der Waals surface area contributed by atoms with Crippen molar-refractivity contribution in [3.8, 4) is 0 Å². The van der Waals surface area contributed by atoms with Gasteiger partial charge in [0.2, 0.25) is 0 Å². The number of thiophene rings is 1. The van der Waals surface area contributed by atoms with E-state index in [1.165, 1.54) is 4.88 Å². The van der Waals surface area contributed by atoms with Gasteiger partial charge in [-0.1, -0.05) is 0 Å². The third-order valence-corrected chi connectivity index (χ3v) is 4.41. The first-order valence-electron chi connectivity index (χ1n) is 6.40. The summed E-state index contributed by atoms with van der Waals surface area (Å²) in [5.41, 5.74) is 0. The topological polar surface area (TPSA) is 69.6 Å². The summed E-state index contributed by atoms with van der Waals surface area (Å²) in [5, 5.41) is 11.5. The first-order valence-corrected chi connectivity index (χ1v) is 8.01. The minimum absolute atomic E-state index is 0.0229. The number of halogens is 1. The monoisotopic (exact) mass is 362 g/mol. The van der Waals surface area contributed by atoms with Gasteiger partial charge in [0.05, 0.1) is 10.2 Å². The fraction of sp³-hybridized carbons (Fsp3) is 0.538. The molecule has 0 saturated carbocycles. The number of hydrogen-bond donors (Lipinski definition) is 2. The maximum atomic E-state index is 12.0. The average Bonchev–Trinajstić information content (AvgIpc) is 2.74. The number of carboxylic acids is 1. The van der Waals surface area contributed by atoms with Crippen LogP contribution >= 0.6 is 27.3 Å². The summed E-state index contributed by atoms with van der Waals surface area (Å²) in [4.78, 5) is 25.3. The fourth-order valence-electron chi connectivity index (χ4n) is 1.69. The minimum Gasteiger partial charge on any atom is -0.481 e. The highest BCUT2D eigenvalue weighted by atomic mass is 79.9. The van der Waals surface area contributed by atoms with E-state index in [0.29, 0.717) is 6.54 Å². The standard InChI is InChI=1S/C13H19BrN2O3S/c1-9(2)16(8-6-12(17)18)13(19)15-7-5-10-3-4-11(14)20-10/h3-4,9H,5-8H2,1-2H3,(H,15,19)(H,17,18). The van der Waals surface area contributed by atoms with Crippen LogP contribution in [-0.2, 0) is 11.2 Å². The Morgan fingerprint density at radius 3 is 2.65 bits per heavy atom. The molecule has 2 amide bonds. The van der Waals surface area contributed by atoms with Crippen LogP contribution < -0.4 is 5.32 Å². The van der Waals surface area contributed by atoms with E-state index in [-0.39, 0.29) is 25.0 Å². The van der Waals surface area contributed by atoms with Crippen molar-refractivity contribution in [3.05, 3.63) is 20.8 Å². The SMILES string of the molecule is CC(C)N(CCC(=O)O)C(=O)NCCc1ccc(Br)s1. The van der Waals surface area contributed by atoms with Crippen molar-refractivity contribution in [2.24, 2.45) is 0 Å². The first kappa shape index (κ1) is 17.0. The molecular weight excluding hydrogens is 344 g/mol. The van der Waals surface area contributed by atoms with Crippen LogP contribution in [0.2, 0.25) is 0 Å². The van der Waals surface area contributed by atoms with Gasteiger partial charge in [0, 0.05) is 24.0 Å². The molecule has 0 bridgehead atoms. The van der Waals surface area contributed by atoms with Gasteiger partial charge in [-0.25, -0.2) is 4.79 Å². The van der Waals surface area contributed by atoms with Gasteiger partial charge < -0.3 is 15.3 Å². The summed E-state index contributed by atoms with van der Waals surface area (Å²) in [6.45, 7) is 4.51. The van der Waals surface area contributed by atoms with Gasteiger partial charge in [0.25, 0.3) is 0 Å². The Bertz CT molecular complexity index is 462. The number of carbonyl (C=O) groups is 2. The summed E-state index contributed by atoms with van der Waals surface area (Å²) in [7, 11) is 0. The van der Waals surface area contributed by atoms with E-state index < -0.39 is 5.97 Å². The van der Waals surface area contributed by atoms with Crippen LogP contribution in [0, 0.1) is 0 Å². The molecule has 112 valence electrons. The molecule has 0 radical (unpaired) electrons. The van der Waals surface area contributed by atoms with Crippen molar-refractivity contribution in [3.63, 3.8) is 0 Å². The van der Waals surface area contributed by atoms with E-state index in [1.807, 2.05) is 26.0 Å². The maximum absolute atomic E-state index is 12.0. The lowest BCUT2D eigenvalue weighted by molar-refractivity contribution is -0.137. The molecule has 7 heteroatoms. The third-order valence-electron chi connectivity index (χ3n) is 2.73. The van der Waals surface area contributed by atoms with E-state index in [9.17, 15) is 9.59 Å². The first-order chi connectivity index (χ1) is 9.40. The number of urea groups is 1. The molecule has 0 aliphatic carbocycles. The highest BCUT2D eigenvalue weighted by Crippen LogP contribution is 2.22. The Kier molecular flexibility index (Phi) is 7.01. The van der Waals surface area contributed by atoms with Gasteiger partial charge in [-0.05, 0) is 48.3 Å². The lowest BCUT2D eigenvalue weighted by atomic mass is 10.3. The molecule has 1 heterocycles. The van der Waals surface area contributed by atoms with E-state index in [2.05, 4.69) is 21.2 Å². The van der Waals surface area contributed by atoms with Gasteiger partial charge in [-0.3, -0.25) is 4.79 Å².